The van der Waals surface area contributed by atoms with E-state index in [0.717, 1.165) is 0 Å². The molecule has 0 aromatic carbocycles. The van der Waals surface area contributed by atoms with Crippen LogP contribution in [0.2, 0.25) is 0 Å². The minimum absolute atomic E-state index is 0.0956. The fourth-order valence-corrected chi connectivity index (χ4v) is 0.212. The number of carbonyl (C=O) groups is 1. The summed E-state index contributed by atoms with van der Waals surface area (Å²) >= 11 is 0. The standard InChI is InChI=1S/C5H8N2O2/c1-2-3-9-5(8)4(6)7/h2H,1,3H2,(H3,6,7). The van der Waals surface area contributed by atoms with Gasteiger partial charge < -0.3 is 10.5 Å². The van der Waals surface area contributed by atoms with E-state index in [4.69, 9.17) is 11.1 Å². The molecule has 0 rings (SSSR count). The molecule has 0 spiro atoms. The molecule has 0 bridgehead atoms. The van der Waals surface area contributed by atoms with E-state index < -0.39 is 11.8 Å². The predicted octanol–water partition coefficient (Wildman–Crippen LogP) is -0.348. The van der Waals surface area contributed by atoms with E-state index in [1.54, 1.807) is 0 Å². The first-order chi connectivity index (χ1) is 4.18. The van der Waals surface area contributed by atoms with Crippen molar-refractivity contribution in [2.45, 2.75) is 0 Å². The van der Waals surface area contributed by atoms with Gasteiger partial charge in [-0.2, -0.15) is 0 Å². The van der Waals surface area contributed by atoms with Gasteiger partial charge in [-0.15, -0.1) is 0 Å². The zero-order valence-electron chi connectivity index (χ0n) is 4.89. The number of hydrogen-bond acceptors (Lipinski definition) is 3. The van der Waals surface area contributed by atoms with Crippen molar-refractivity contribution in [3.05, 3.63) is 12.7 Å². The molecule has 0 aliphatic carbocycles. The van der Waals surface area contributed by atoms with E-state index >= 15 is 0 Å². The first-order valence-electron chi connectivity index (χ1n) is 2.30. The third-order valence-electron chi connectivity index (χ3n) is 0.552. The van der Waals surface area contributed by atoms with Crippen LogP contribution in [0.5, 0.6) is 0 Å². The lowest BCUT2D eigenvalue weighted by Crippen LogP contribution is -2.24. The number of nitrogens with two attached hydrogens (primary N) is 1. The SMILES string of the molecule is C=CCOC(=O)C(=N)N. The predicted molar refractivity (Wildman–Crippen MR) is 33.1 cm³/mol. The molecule has 0 aliphatic rings. The molecule has 0 atom stereocenters. The second-order valence-electron chi connectivity index (χ2n) is 1.30. The van der Waals surface area contributed by atoms with Crippen LogP contribution in [0.4, 0.5) is 0 Å². The second-order valence-corrected chi connectivity index (χ2v) is 1.30. The summed E-state index contributed by atoms with van der Waals surface area (Å²) in [5, 5.41) is 6.55. The molecular formula is C5H8N2O2. The average molecular weight is 128 g/mol. The summed E-state index contributed by atoms with van der Waals surface area (Å²) in [7, 11) is 0. The smallest absolute Gasteiger partial charge is 0.373 e. The Morgan fingerprint density at radius 2 is 2.44 bits per heavy atom. The van der Waals surface area contributed by atoms with Crippen LogP contribution in [0.15, 0.2) is 12.7 Å². The maximum atomic E-state index is 10.3. The number of nitrogens with one attached hydrogen (secondary N) is 1. The van der Waals surface area contributed by atoms with Gasteiger partial charge in [-0.1, -0.05) is 12.7 Å². The van der Waals surface area contributed by atoms with E-state index in [2.05, 4.69) is 11.3 Å². The van der Waals surface area contributed by atoms with Crippen molar-refractivity contribution >= 4 is 11.8 Å². The Bertz CT molecular complexity index is 142. The van der Waals surface area contributed by atoms with Crippen molar-refractivity contribution in [2.24, 2.45) is 5.73 Å². The summed E-state index contributed by atoms with van der Waals surface area (Å²) in [5.74, 6) is -1.40. The third-order valence-corrected chi connectivity index (χ3v) is 0.552. The number of esters is 1. The lowest BCUT2D eigenvalue weighted by Gasteiger charge is -1.96. The maximum Gasteiger partial charge on any atom is 0.373 e. The molecule has 0 saturated heterocycles. The number of amidine groups is 1. The first-order valence-corrected chi connectivity index (χ1v) is 2.30. The molecule has 3 N–H and O–H groups in total. The summed E-state index contributed by atoms with van der Waals surface area (Å²) in [6, 6.07) is 0. The summed E-state index contributed by atoms with van der Waals surface area (Å²) < 4.78 is 4.35. The quantitative estimate of drug-likeness (QED) is 0.231. The van der Waals surface area contributed by atoms with Crippen molar-refractivity contribution < 1.29 is 9.53 Å². The highest BCUT2D eigenvalue weighted by Gasteiger charge is 2.02. The summed E-state index contributed by atoms with van der Waals surface area (Å²) in [6.45, 7) is 3.40. The zero-order chi connectivity index (χ0) is 7.28. The topological polar surface area (TPSA) is 76.2 Å². The van der Waals surface area contributed by atoms with Gasteiger partial charge in [0.15, 0.2) is 0 Å². The molecule has 50 valence electrons. The van der Waals surface area contributed by atoms with Gasteiger partial charge in [0.1, 0.15) is 6.61 Å². The van der Waals surface area contributed by atoms with Crippen molar-refractivity contribution in [3.63, 3.8) is 0 Å². The number of hydrogen-bond donors (Lipinski definition) is 2. The minimum Gasteiger partial charge on any atom is -0.456 e. The van der Waals surface area contributed by atoms with E-state index in [0.29, 0.717) is 0 Å². The van der Waals surface area contributed by atoms with Crippen LogP contribution in [-0.4, -0.2) is 18.4 Å². The Balaban J connectivity index is 3.51. The molecule has 0 aromatic heterocycles. The second kappa shape index (κ2) is 3.65. The Morgan fingerprint density at radius 1 is 1.89 bits per heavy atom. The fourth-order valence-electron chi connectivity index (χ4n) is 0.212. The Morgan fingerprint density at radius 3 is 2.78 bits per heavy atom. The van der Waals surface area contributed by atoms with Crippen molar-refractivity contribution in [1.29, 1.82) is 5.41 Å². The summed E-state index contributed by atoms with van der Waals surface area (Å²) in [4.78, 5) is 10.3. The molecule has 4 nitrogen and oxygen atoms in total. The van der Waals surface area contributed by atoms with E-state index in [1.807, 2.05) is 0 Å². The molecule has 0 unspecified atom stereocenters. The van der Waals surface area contributed by atoms with E-state index in [1.165, 1.54) is 6.08 Å². The summed E-state index contributed by atoms with van der Waals surface area (Å²) in [6.07, 6.45) is 1.40. The van der Waals surface area contributed by atoms with Gasteiger partial charge in [-0.05, 0) is 0 Å². The van der Waals surface area contributed by atoms with Gasteiger partial charge in [0, 0.05) is 0 Å². The van der Waals surface area contributed by atoms with Crippen molar-refractivity contribution in [2.75, 3.05) is 6.61 Å². The molecule has 0 saturated carbocycles. The first kappa shape index (κ1) is 7.68. The minimum atomic E-state index is -0.810. The highest BCUT2D eigenvalue weighted by atomic mass is 16.5. The number of carbonyl (C=O) groups excluding carboxylic acids is 1. The third kappa shape index (κ3) is 3.28. The lowest BCUT2D eigenvalue weighted by atomic mass is 10.6. The molecule has 9 heavy (non-hydrogen) atoms. The maximum absolute atomic E-state index is 10.3. The number of rotatable bonds is 2. The Labute approximate surface area is 52.8 Å². The van der Waals surface area contributed by atoms with Crippen molar-refractivity contribution in [3.8, 4) is 0 Å². The van der Waals surface area contributed by atoms with Gasteiger partial charge in [0.05, 0.1) is 0 Å². The Hall–Kier alpha value is -1.32. The molecule has 0 heterocycles. The van der Waals surface area contributed by atoms with Crippen LogP contribution >= 0.6 is 0 Å². The zero-order valence-corrected chi connectivity index (χ0v) is 4.89. The van der Waals surface area contributed by atoms with Crippen LogP contribution < -0.4 is 5.73 Å². The van der Waals surface area contributed by atoms with Crippen LogP contribution in [-0.2, 0) is 9.53 Å². The van der Waals surface area contributed by atoms with Gasteiger partial charge in [-0.3, -0.25) is 5.41 Å². The molecule has 4 heteroatoms. The molecule has 0 amide bonds. The van der Waals surface area contributed by atoms with Gasteiger partial charge in [0.2, 0.25) is 5.84 Å². The summed E-state index contributed by atoms with van der Waals surface area (Å²) in [5.41, 5.74) is 4.75. The van der Waals surface area contributed by atoms with Crippen molar-refractivity contribution in [1.82, 2.24) is 0 Å². The molecule has 0 radical (unpaired) electrons. The molecule has 0 aliphatic heterocycles. The highest BCUT2D eigenvalue weighted by Crippen LogP contribution is 1.75. The monoisotopic (exact) mass is 128 g/mol. The molecule has 0 fully saturated rings. The van der Waals surface area contributed by atoms with Gasteiger partial charge in [0.25, 0.3) is 0 Å². The number of ether oxygens (including phenoxy) is 1. The van der Waals surface area contributed by atoms with Crippen LogP contribution in [0.1, 0.15) is 0 Å². The lowest BCUT2D eigenvalue weighted by molar-refractivity contribution is -0.134. The van der Waals surface area contributed by atoms with Gasteiger partial charge >= 0.3 is 5.97 Å². The van der Waals surface area contributed by atoms with Crippen LogP contribution in [0.25, 0.3) is 0 Å². The van der Waals surface area contributed by atoms with Gasteiger partial charge in [-0.25, -0.2) is 4.79 Å². The largest absolute Gasteiger partial charge is 0.456 e. The van der Waals surface area contributed by atoms with Crippen LogP contribution in [0.3, 0.4) is 0 Å². The van der Waals surface area contributed by atoms with Crippen LogP contribution in [0, 0.1) is 5.41 Å². The normalized spacial score (nSPS) is 8.00. The van der Waals surface area contributed by atoms with E-state index in [-0.39, 0.29) is 6.61 Å². The molecule has 0 aromatic rings. The average Bonchev–Trinajstić information content (AvgIpc) is 1.82. The van der Waals surface area contributed by atoms with E-state index in [9.17, 15) is 4.79 Å². The molecular weight excluding hydrogens is 120 g/mol. The fraction of sp³-hybridized carbons (Fsp3) is 0.200. The Kier molecular flexibility index (Phi) is 3.12. The highest BCUT2D eigenvalue weighted by molar-refractivity contribution is 6.33.